The quantitative estimate of drug-likeness (QED) is 0.941. The summed E-state index contributed by atoms with van der Waals surface area (Å²) in [7, 11) is 1.56. The van der Waals surface area contributed by atoms with E-state index in [2.05, 4.69) is 21.0 Å². The molecular formula is C12H12BrFN2O2. The van der Waals surface area contributed by atoms with Gasteiger partial charge in [-0.1, -0.05) is 12.1 Å². The van der Waals surface area contributed by atoms with Gasteiger partial charge in [0.25, 0.3) is 5.56 Å². The maximum Gasteiger partial charge on any atom is 0.281 e. The van der Waals surface area contributed by atoms with E-state index in [0.717, 1.165) is 5.56 Å². The maximum atomic E-state index is 12.8. The van der Waals surface area contributed by atoms with Gasteiger partial charge in [0.2, 0.25) is 0 Å². The lowest BCUT2D eigenvalue weighted by atomic mass is 10.2. The van der Waals surface area contributed by atoms with Gasteiger partial charge in [0.05, 0.1) is 18.8 Å². The number of aromatic amines is 1. The molecule has 2 aromatic rings. The molecule has 0 amide bonds. The van der Waals surface area contributed by atoms with E-state index in [1.54, 1.807) is 19.2 Å². The molecule has 1 N–H and O–H groups in total. The van der Waals surface area contributed by atoms with E-state index in [9.17, 15) is 9.18 Å². The van der Waals surface area contributed by atoms with Crippen LogP contribution in [0.5, 0.6) is 0 Å². The standard InChI is InChI=1S/C12H12BrFN2O2/c1-18-7-10-11(13)12(17)16(15-10)6-8-2-4-9(14)5-3-8/h2-5,15H,6-7H2,1H3. The first-order chi connectivity index (χ1) is 8.61. The maximum absolute atomic E-state index is 12.8. The Balaban J connectivity index is 2.26. The van der Waals surface area contributed by atoms with Crippen molar-refractivity contribution in [2.24, 2.45) is 0 Å². The molecule has 0 fully saturated rings. The minimum atomic E-state index is -0.293. The second-order valence-electron chi connectivity index (χ2n) is 3.86. The Bertz CT molecular complexity index is 589. The van der Waals surface area contributed by atoms with E-state index >= 15 is 0 Å². The van der Waals surface area contributed by atoms with Gasteiger partial charge in [0, 0.05) is 7.11 Å². The molecule has 0 saturated carbocycles. The number of hydrogen-bond acceptors (Lipinski definition) is 2. The Kier molecular flexibility index (Phi) is 3.98. The van der Waals surface area contributed by atoms with Crippen LogP contribution in [0.1, 0.15) is 11.3 Å². The number of nitrogens with one attached hydrogen (secondary N) is 1. The zero-order chi connectivity index (χ0) is 13.1. The van der Waals surface area contributed by atoms with Crippen molar-refractivity contribution < 1.29 is 9.13 Å². The van der Waals surface area contributed by atoms with Gasteiger partial charge in [-0.2, -0.15) is 0 Å². The summed E-state index contributed by atoms with van der Waals surface area (Å²) in [5, 5.41) is 2.95. The third-order valence-corrected chi connectivity index (χ3v) is 3.33. The molecule has 0 spiro atoms. The monoisotopic (exact) mass is 314 g/mol. The fourth-order valence-electron chi connectivity index (χ4n) is 1.63. The molecule has 1 heterocycles. The minimum Gasteiger partial charge on any atom is -0.378 e. The molecule has 0 unspecified atom stereocenters. The van der Waals surface area contributed by atoms with Crippen LogP contribution in [0, 0.1) is 5.82 Å². The lowest BCUT2D eigenvalue weighted by Gasteiger charge is -2.02. The lowest BCUT2D eigenvalue weighted by molar-refractivity contribution is 0.180. The smallest absolute Gasteiger partial charge is 0.281 e. The fourth-order valence-corrected chi connectivity index (χ4v) is 2.05. The van der Waals surface area contributed by atoms with Crippen LogP contribution < -0.4 is 5.56 Å². The predicted octanol–water partition coefficient (Wildman–Crippen LogP) is 2.27. The zero-order valence-corrected chi connectivity index (χ0v) is 11.3. The molecule has 96 valence electrons. The summed E-state index contributed by atoms with van der Waals surface area (Å²) in [4.78, 5) is 11.9. The van der Waals surface area contributed by atoms with Crippen molar-refractivity contribution in [1.29, 1.82) is 0 Å². The molecule has 0 radical (unpaired) electrons. The van der Waals surface area contributed by atoms with Crippen LogP contribution in [0.4, 0.5) is 4.39 Å². The summed E-state index contributed by atoms with van der Waals surface area (Å²) in [6.07, 6.45) is 0. The first kappa shape index (κ1) is 13.0. The van der Waals surface area contributed by atoms with Gasteiger partial charge in [-0.05, 0) is 33.6 Å². The van der Waals surface area contributed by atoms with E-state index in [1.165, 1.54) is 16.8 Å². The van der Waals surface area contributed by atoms with E-state index in [0.29, 0.717) is 23.3 Å². The van der Waals surface area contributed by atoms with Crippen LogP contribution in [0.15, 0.2) is 33.5 Å². The second kappa shape index (κ2) is 5.49. The Morgan fingerprint density at radius 1 is 1.39 bits per heavy atom. The number of halogens is 2. The van der Waals surface area contributed by atoms with Crippen LogP contribution >= 0.6 is 15.9 Å². The molecule has 0 aliphatic carbocycles. The van der Waals surface area contributed by atoms with Crippen LogP contribution in [0.3, 0.4) is 0 Å². The second-order valence-corrected chi connectivity index (χ2v) is 4.65. The van der Waals surface area contributed by atoms with Gasteiger partial charge >= 0.3 is 0 Å². The van der Waals surface area contributed by atoms with Gasteiger partial charge in [-0.3, -0.25) is 9.89 Å². The normalized spacial score (nSPS) is 10.8. The Morgan fingerprint density at radius 3 is 2.67 bits per heavy atom. The Hall–Kier alpha value is -1.40. The van der Waals surface area contributed by atoms with Crippen molar-refractivity contribution >= 4 is 15.9 Å². The van der Waals surface area contributed by atoms with Crippen LogP contribution in [-0.2, 0) is 17.9 Å². The van der Waals surface area contributed by atoms with Gasteiger partial charge in [0.15, 0.2) is 0 Å². The average Bonchev–Trinajstić information content (AvgIpc) is 2.61. The SMILES string of the molecule is COCc1[nH]n(Cc2ccc(F)cc2)c(=O)c1Br. The van der Waals surface area contributed by atoms with E-state index in [-0.39, 0.29) is 11.4 Å². The molecule has 0 aliphatic heterocycles. The summed E-state index contributed by atoms with van der Waals surface area (Å²) < 4.78 is 19.7. The van der Waals surface area contributed by atoms with Crippen molar-refractivity contribution in [2.45, 2.75) is 13.2 Å². The number of aromatic nitrogens is 2. The van der Waals surface area contributed by atoms with Crippen LogP contribution in [0.25, 0.3) is 0 Å². The highest BCUT2D eigenvalue weighted by Gasteiger charge is 2.11. The number of benzene rings is 1. The van der Waals surface area contributed by atoms with E-state index in [1.807, 2.05) is 0 Å². The molecule has 1 aromatic heterocycles. The van der Waals surface area contributed by atoms with E-state index in [4.69, 9.17) is 4.74 Å². The van der Waals surface area contributed by atoms with Crippen LogP contribution in [-0.4, -0.2) is 16.9 Å². The lowest BCUT2D eigenvalue weighted by Crippen LogP contribution is -2.17. The average molecular weight is 315 g/mol. The number of hydrogen-bond donors (Lipinski definition) is 1. The first-order valence-electron chi connectivity index (χ1n) is 5.32. The fraction of sp³-hybridized carbons (Fsp3) is 0.250. The summed E-state index contributed by atoms with van der Waals surface area (Å²) in [5.74, 6) is -0.293. The number of ether oxygens (including phenoxy) is 1. The van der Waals surface area contributed by atoms with Crippen molar-refractivity contribution in [2.75, 3.05) is 7.11 Å². The molecule has 2 rings (SSSR count). The summed E-state index contributed by atoms with van der Waals surface area (Å²) in [5.41, 5.74) is 1.37. The molecular weight excluding hydrogens is 303 g/mol. The summed E-state index contributed by atoms with van der Waals surface area (Å²) in [6, 6.07) is 6.03. The molecule has 6 heteroatoms. The summed E-state index contributed by atoms with van der Waals surface area (Å²) >= 11 is 3.22. The minimum absolute atomic E-state index is 0.161. The Labute approximate surface area is 111 Å². The molecule has 0 saturated heterocycles. The third-order valence-electron chi connectivity index (χ3n) is 2.51. The molecule has 18 heavy (non-hydrogen) atoms. The van der Waals surface area contributed by atoms with E-state index < -0.39 is 0 Å². The van der Waals surface area contributed by atoms with Gasteiger partial charge in [-0.15, -0.1) is 0 Å². The number of nitrogens with zero attached hydrogens (tertiary/aromatic N) is 1. The first-order valence-corrected chi connectivity index (χ1v) is 6.11. The topological polar surface area (TPSA) is 47.0 Å². The predicted molar refractivity (Wildman–Crippen MR) is 69.0 cm³/mol. The largest absolute Gasteiger partial charge is 0.378 e. The molecule has 4 nitrogen and oxygen atoms in total. The zero-order valence-electron chi connectivity index (χ0n) is 9.74. The highest BCUT2D eigenvalue weighted by atomic mass is 79.9. The van der Waals surface area contributed by atoms with Gasteiger partial charge in [-0.25, -0.2) is 9.07 Å². The third kappa shape index (κ3) is 2.70. The highest BCUT2D eigenvalue weighted by Crippen LogP contribution is 2.11. The van der Waals surface area contributed by atoms with Crippen molar-refractivity contribution in [3.05, 3.63) is 56.2 Å². The summed E-state index contributed by atoms with van der Waals surface area (Å²) in [6.45, 7) is 0.688. The molecule has 0 bridgehead atoms. The number of methoxy groups -OCH3 is 1. The molecule has 1 aromatic carbocycles. The van der Waals surface area contributed by atoms with Gasteiger partial charge in [0.1, 0.15) is 10.3 Å². The highest BCUT2D eigenvalue weighted by molar-refractivity contribution is 9.10. The number of rotatable bonds is 4. The Morgan fingerprint density at radius 2 is 2.06 bits per heavy atom. The molecule has 0 atom stereocenters. The number of H-pyrrole nitrogens is 1. The van der Waals surface area contributed by atoms with Crippen LogP contribution in [0.2, 0.25) is 0 Å². The van der Waals surface area contributed by atoms with Crippen molar-refractivity contribution in [3.63, 3.8) is 0 Å². The van der Waals surface area contributed by atoms with Crippen molar-refractivity contribution in [1.82, 2.24) is 9.78 Å². The molecule has 0 aliphatic rings. The van der Waals surface area contributed by atoms with Crippen molar-refractivity contribution in [3.8, 4) is 0 Å². The van der Waals surface area contributed by atoms with Gasteiger partial charge < -0.3 is 4.74 Å².